The highest BCUT2D eigenvalue weighted by Crippen LogP contribution is 2.12. The number of nitrogens with two attached hydrogens (primary N) is 1. The van der Waals surface area contributed by atoms with Crippen molar-refractivity contribution in [2.24, 2.45) is 5.14 Å². The van der Waals surface area contributed by atoms with Crippen molar-refractivity contribution >= 4 is 15.7 Å². The van der Waals surface area contributed by atoms with Crippen LogP contribution in [0.3, 0.4) is 0 Å². The predicted molar refractivity (Wildman–Crippen MR) is 46.6 cm³/mol. The lowest BCUT2D eigenvalue weighted by atomic mass is 10.5. The van der Waals surface area contributed by atoms with Gasteiger partial charge in [-0.1, -0.05) is 0 Å². The van der Waals surface area contributed by atoms with E-state index >= 15 is 0 Å². The summed E-state index contributed by atoms with van der Waals surface area (Å²) in [7, 11) is -3.68. The molecule has 0 aliphatic rings. The first-order valence-corrected chi connectivity index (χ1v) is 5.08. The number of hydrogen-bond donors (Lipinski definition) is 1. The first kappa shape index (κ1) is 8.21. The molecule has 2 rings (SSSR count). The summed E-state index contributed by atoms with van der Waals surface area (Å²) in [6.07, 6.45) is 4.88. The summed E-state index contributed by atoms with van der Waals surface area (Å²) in [6, 6.07) is 3.03. The standard InChI is InChI=1S/C7H7N3O2S/c8-13(11,12)6-2-1-4-10-5-3-9-7(6)10/h1-5H,(H2,8,11,12). The number of fused-ring (bicyclic) bond motifs is 1. The van der Waals surface area contributed by atoms with E-state index in [1.807, 2.05) is 0 Å². The lowest BCUT2D eigenvalue weighted by molar-refractivity contribution is 0.598. The van der Waals surface area contributed by atoms with Crippen molar-refractivity contribution in [1.82, 2.24) is 9.38 Å². The zero-order valence-corrected chi connectivity index (χ0v) is 7.40. The van der Waals surface area contributed by atoms with Gasteiger partial charge in [0.15, 0.2) is 5.65 Å². The zero-order chi connectivity index (χ0) is 9.47. The number of nitrogens with zero attached hydrogens (tertiary/aromatic N) is 2. The molecule has 0 saturated heterocycles. The average molecular weight is 197 g/mol. The van der Waals surface area contributed by atoms with Crippen molar-refractivity contribution in [3.05, 3.63) is 30.7 Å². The Morgan fingerprint density at radius 2 is 2.15 bits per heavy atom. The molecule has 0 bridgehead atoms. The van der Waals surface area contributed by atoms with Gasteiger partial charge in [0.25, 0.3) is 0 Å². The van der Waals surface area contributed by atoms with E-state index in [1.165, 1.54) is 12.3 Å². The summed E-state index contributed by atoms with van der Waals surface area (Å²) in [4.78, 5) is 3.93. The molecule has 0 unspecified atom stereocenters. The van der Waals surface area contributed by atoms with Crippen molar-refractivity contribution in [2.45, 2.75) is 4.90 Å². The second kappa shape index (κ2) is 2.54. The third-order valence-electron chi connectivity index (χ3n) is 1.69. The molecule has 0 amide bonds. The van der Waals surface area contributed by atoms with Gasteiger partial charge < -0.3 is 4.40 Å². The van der Waals surface area contributed by atoms with E-state index < -0.39 is 10.0 Å². The number of hydrogen-bond acceptors (Lipinski definition) is 3. The zero-order valence-electron chi connectivity index (χ0n) is 6.58. The normalized spacial score (nSPS) is 12.1. The number of imidazole rings is 1. The van der Waals surface area contributed by atoms with Gasteiger partial charge in [0.1, 0.15) is 4.90 Å². The minimum atomic E-state index is -3.68. The third kappa shape index (κ3) is 1.30. The van der Waals surface area contributed by atoms with Gasteiger partial charge in [-0.05, 0) is 12.1 Å². The van der Waals surface area contributed by atoms with Gasteiger partial charge in [-0.2, -0.15) is 0 Å². The van der Waals surface area contributed by atoms with Gasteiger partial charge >= 0.3 is 0 Å². The van der Waals surface area contributed by atoms with E-state index in [1.54, 1.807) is 22.9 Å². The molecular formula is C7H7N3O2S. The summed E-state index contributed by atoms with van der Waals surface area (Å²) < 4.78 is 23.7. The molecule has 2 heterocycles. The fourth-order valence-corrected chi connectivity index (χ4v) is 1.82. The van der Waals surface area contributed by atoms with Crippen LogP contribution in [0.25, 0.3) is 5.65 Å². The van der Waals surface area contributed by atoms with Crippen LogP contribution in [0.4, 0.5) is 0 Å². The molecule has 2 aromatic rings. The highest BCUT2D eigenvalue weighted by molar-refractivity contribution is 7.89. The minimum absolute atomic E-state index is 0.0417. The Morgan fingerprint density at radius 3 is 2.85 bits per heavy atom. The van der Waals surface area contributed by atoms with E-state index in [0.717, 1.165) is 0 Å². The van der Waals surface area contributed by atoms with Crippen LogP contribution in [-0.2, 0) is 10.0 Å². The van der Waals surface area contributed by atoms with E-state index in [9.17, 15) is 8.42 Å². The second-order valence-electron chi connectivity index (χ2n) is 2.58. The van der Waals surface area contributed by atoms with Crippen LogP contribution in [0, 0.1) is 0 Å². The Kier molecular flexibility index (Phi) is 1.61. The van der Waals surface area contributed by atoms with Crippen LogP contribution < -0.4 is 5.14 Å². The Hall–Kier alpha value is -1.40. The van der Waals surface area contributed by atoms with E-state index in [2.05, 4.69) is 4.98 Å². The summed E-state index contributed by atoms with van der Waals surface area (Å²) in [5, 5.41) is 5.00. The molecule has 0 aromatic carbocycles. The first-order valence-electron chi connectivity index (χ1n) is 3.53. The van der Waals surface area contributed by atoms with Gasteiger partial charge in [0.05, 0.1) is 0 Å². The maximum atomic E-state index is 11.1. The Bertz CT molecular complexity index is 544. The van der Waals surface area contributed by atoms with Gasteiger partial charge in [0.2, 0.25) is 10.0 Å². The maximum Gasteiger partial charge on any atom is 0.241 e. The Labute approximate surface area is 74.9 Å². The average Bonchev–Trinajstić information content (AvgIpc) is 2.48. The molecule has 0 atom stereocenters. The molecule has 6 heteroatoms. The molecule has 68 valence electrons. The molecule has 2 aromatic heterocycles. The molecule has 0 aliphatic carbocycles. The number of rotatable bonds is 1. The molecule has 0 saturated carbocycles. The number of aromatic nitrogens is 2. The third-order valence-corrected chi connectivity index (χ3v) is 2.62. The van der Waals surface area contributed by atoms with Crippen molar-refractivity contribution in [1.29, 1.82) is 0 Å². The smallest absolute Gasteiger partial charge is 0.241 e. The van der Waals surface area contributed by atoms with E-state index in [-0.39, 0.29) is 4.90 Å². The van der Waals surface area contributed by atoms with Gasteiger partial charge in [-0.15, -0.1) is 0 Å². The fraction of sp³-hybridized carbons (Fsp3) is 0. The topological polar surface area (TPSA) is 77.5 Å². The molecule has 0 fully saturated rings. The van der Waals surface area contributed by atoms with E-state index in [4.69, 9.17) is 5.14 Å². The quantitative estimate of drug-likeness (QED) is 0.698. The SMILES string of the molecule is NS(=O)(=O)c1cccn2ccnc12. The Morgan fingerprint density at radius 1 is 1.38 bits per heavy atom. The predicted octanol–water partition coefficient (Wildman–Crippen LogP) is -0.0183. The number of primary sulfonamides is 1. The molecule has 0 spiro atoms. The molecule has 0 radical (unpaired) electrons. The summed E-state index contributed by atoms with van der Waals surface area (Å²) in [6.45, 7) is 0. The highest BCUT2D eigenvalue weighted by Gasteiger charge is 2.12. The lowest BCUT2D eigenvalue weighted by Crippen LogP contribution is -2.13. The van der Waals surface area contributed by atoms with Crippen molar-refractivity contribution in [2.75, 3.05) is 0 Å². The van der Waals surface area contributed by atoms with Crippen LogP contribution in [0.2, 0.25) is 0 Å². The molecule has 2 N–H and O–H groups in total. The minimum Gasteiger partial charge on any atom is -0.306 e. The molecule has 0 aliphatic heterocycles. The van der Waals surface area contributed by atoms with Crippen LogP contribution in [0.15, 0.2) is 35.6 Å². The molecule has 5 nitrogen and oxygen atoms in total. The van der Waals surface area contributed by atoms with Crippen molar-refractivity contribution in [3.63, 3.8) is 0 Å². The van der Waals surface area contributed by atoms with Crippen molar-refractivity contribution in [3.8, 4) is 0 Å². The molecule has 13 heavy (non-hydrogen) atoms. The van der Waals surface area contributed by atoms with Gasteiger partial charge in [0, 0.05) is 18.6 Å². The van der Waals surface area contributed by atoms with Crippen LogP contribution >= 0.6 is 0 Å². The second-order valence-corrected chi connectivity index (χ2v) is 4.11. The monoisotopic (exact) mass is 197 g/mol. The summed E-state index contributed by atoms with van der Waals surface area (Å²) in [5.41, 5.74) is 0.352. The fourth-order valence-electron chi connectivity index (χ4n) is 1.14. The highest BCUT2D eigenvalue weighted by atomic mass is 32.2. The van der Waals surface area contributed by atoms with Gasteiger partial charge in [-0.3, -0.25) is 0 Å². The molecular weight excluding hydrogens is 190 g/mol. The lowest BCUT2D eigenvalue weighted by Gasteiger charge is -1.99. The van der Waals surface area contributed by atoms with Crippen LogP contribution in [0.5, 0.6) is 0 Å². The number of sulfonamides is 1. The Balaban J connectivity index is 2.91. The van der Waals surface area contributed by atoms with Crippen LogP contribution in [0.1, 0.15) is 0 Å². The summed E-state index contributed by atoms with van der Waals surface area (Å²) >= 11 is 0. The largest absolute Gasteiger partial charge is 0.306 e. The van der Waals surface area contributed by atoms with Crippen LogP contribution in [-0.4, -0.2) is 17.8 Å². The summed E-state index contributed by atoms with van der Waals surface area (Å²) in [5.74, 6) is 0. The number of pyridine rings is 1. The van der Waals surface area contributed by atoms with Crippen molar-refractivity contribution < 1.29 is 8.42 Å². The first-order chi connectivity index (χ1) is 6.09. The van der Waals surface area contributed by atoms with Gasteiger partial charge in [-0.25, -0.2) is 18.5 Å². The van der Waals surface area contributed by atoms with E-state index in [0.29, 0.717) is 5.65 Å². The maximum absolute atomic E-state index is 11.1.